The fourth-order valence-electron chi connectivity index (χ4n) is 4.24. The smallest absolute Gasteiger partial charge is 0.271 e. The lowest BCUT2D eigenvalue weighted by Gasteiger charge is -2.14. The molecule has 0 saturated heterocycles. The van der Waals surface area contributed by atoms with Crippen LogP contribution in [0.4, 0.5) is 28.4 Å². The first-order chi connectivity index (χ1) is 20.4. The maximum atomic E-state index is 13.2. The van der Waals surface area contributed by atoms with Gasteiger partial charge in [-0.1, -0.05) is 0 Å². The molecule has 5 rings (SSSR count). The largest absolute Gasteiger partial charge is 0.506 e. The topological polar surface area (TPSA) is 222 Å². The minimum absolute atomic E-state index is 0.00251. The number of nitrogens with zero attached hydrogens (tertiary/aromatic N) is 3. The van der Waals surface area contributed by atoms with Gasteiger partial charge in [-0.25, -0.2) is 4.90 Å². The highest BCUT2D eigenvalue weighted by Gasteiger charge is 2.37. The average molecular weight is 583 g/mol. The number of aromatic hydroxyl groups is 2. The molecule has 1 aliphatic rings. The molecule has 0 aliphatic carbocycles. The zero-order valence-corrected chi connectivity index (χ0v) is 21.5. The predicted octanol–water partition coefficient (Wildman–Crippen LogP) is 4.22. The van der Waals surface area contributed by atoms with Crippen molar-refractivity contribution in [3.63, 3.8) is 0 Å². The molecular formula is C28H17N5O10. The van der Waals surface area contributed by atoms with Gasteiger partial charge in [-0.15, -0.1) is 0 Å². The Morgan fingerprint density at radius 2 is 1.09 bits per heavy atom. The number of carbonyl (C=O) groups excluding carboxylic acids is 4. The van der Waals surface area contributed by atoms with E-state index in [1.165, 1.54) is 42.5 Å². The quantitative estimate of drug-likeness (QED) is 0.105. The van der Waals surface area contributed by atoms with Gasteiger partial charge in [-0.2, -0.15) is 0 Å². The highest BCUT2D eigenvalue weighted by molar-refractivity contribution is 6.35. The van der Waals surface area contributed by atoms with Gasteiger partial charge in [0.15, 0.2) is 0 Å². The van der Waals surface area contributed by atoms with Crippen molar-refractivity contribution < 1.29 is 39.2 Å². The molecule has 0 unspecified atom stereocenters. The lowest BCUT2D eigenvalue weighted by atomic mass is 10.1. The van der Waals surface area contributed by atoms with E-state index in [4.69, 9.17) is 0 Å². The maximum Gasteiger partial charge on any atom is 0.271 e. The van der Waals surface area contributed by atoms with E-state index in [1.54, 1.807) is 0 Å². The molecule has 15 nitrogen and oxygen atoms in total. The van der Waals surface area contributed by atoms with Gasteiger partial charge in [0.25, 0.3) is 35.0 Å². The minimum Gasteiger partial charge on any atom is -0.506 e. The number of amides is 4. The van der Waals surface area contributed by atoms with Crippen LogP contribution in [0.3, 0.4) is 0 Å². The van der Waals surface area contributed by atoms with Gasteiger partial charge in [0, 0.05) is 35.4 Å². The molecule has 0 aromatic heterocycles. The Balaban J connectivity index is 1.33. The number of nitro benzene ring substituents is 2. The van der Waals surface area contributed by atoms with Crippen molar-refractivity contribution in [1.29, 1.82) is 0 Å². The predicted molar refractivity (Wildman–Crippen MR) is 149 cm³/mol. The number of non-ortho nitro benzene ring substituents is 2. The first kappa shape index (κ1) is 27.9. The van der Waals surface area contributed by atoms with Gasteiger partial charge in [-0.05, 0) is 54.6 Å². The van der Waals surface area contributed by atoms with Crippen molar-refractivity contribution in [1.82, 2.24) is 0 Å². The van der Waals surface area contributed by atoms with E-state index >= 15 is 0 Å². The molecule has 4 aromatic carbocycles. The number of anilines is 3. The number of imide groups is 1. The number of hydrogen-bond donors (Lipinski definition) is 4. The molecule has 43 heavy (non-hydrogen) atoms. The molecule has 0 saturated carbocycles. The number of phenols is 2. The Kier molecular flexibility index (Phi) is 6.97. The molecule has 4 amide bonds. The van der Waals surface area contributed by atoms with Crippen LogP contribution in [0.15, 0.2) is 78.9 Å². The van der Waals surface area contributed by atoms with Crippen molar-refractivity contribution in [2.75, 3.05) is 15.5 Å². The number of carbonyl (C=O) groups is 4. The van der Waals surface area contributed by atoms with E-state index in [9.17, 15) is 49.6 Å². The molecule has 0 spiro atoms. The SMILES string of the molecule is O=C(Nc1cc([N+](=O)[O-])ccc1O)c1ccc(N2C(=O)c3ccc(C(=O)Nc4cc([N+](=O)[O-])ccc4O)cc3C2=O)cc1. The van der Waals surface area contributed by atoms with Crippen LogP contribution in [0.5, 0.6) is 11.5 Å². The molecule has 214 valence electrons. The standard InChI is InChI=1S/C28H17N5O10/c34-23-9-6-17(32(40)41)12-21(23)29-25(36)14-1-4-16(5-2-14)31-27(38)19-8-3-15(11-20(19)28(31)39)26(37)30-22-13-18(33(42)43)7-10-24(22)35/h1-13,34-35H,(H,29,36)(H,30,37). The van der Waals surface area contributed by atoms with Crippen molar-refractivity contribution in [3.8, 4) is 11.5 Å². The molecule has 4 N–H and O–H groups in total. The summed E-state index contributed by atoms with van der Waals surface area (Å²) in [5, 5.41) is 46.6. The van der Waals surface area contributed by atoms with Crippen LogP contribution in [-0.2, 0) is 0 Å². The van der Waals surface area contributed by atoms with E-state index in [0.717, 1.165) is 41.3 Å². The van der Waals surface area contributed by atoms with E-state index < -0.39 is 45.0 Å². The molecule has 0 atom stereocenters. The number of fused-ring (bicyclic) bond motifs is 1. The summed E-state index contributed by atoms with van der Waals surface area (Å²) >= 11 is 0. The van der Waals surface area contributed by atoms with E-state index in [2.05, 4.69) is 10.6 Å². The fourth-order valence-corrected chi connectivity index (χ4v) is 4.24. The third kappa shape index (κ3) is 5.28. The molecule has 1 aliphatic heterocycles. The monoisotopic (exact) mass is 583 g/mol. The van der Waals surface area contributed by atoms with Crippen molar-refractivity contribution in [3.05, 3.63) is 121 Å². The summed E-state index contributed by atoms with van der Waals surface area (Å²) in [4.78, 5) is 73.2. The summed E-state index contributed by atoms with van der Waals surface area (Å²) in [5.41, 5.74) is -1.14. The summed E-state index contributed by atoms with van der Waals surface area (Å²) in [5.74, 6) is -3.79. The van der Waals surface area contributed by atoms with Gasteiger partial charge in [0.05, 0.1) is 38.0 Å². The Morgan fingerprint density at radius 1 is 0.628 bits per heavy atom. The molecule has 15 heteroatoms. The van der Waals surface area contributed by atoms with Gasteiger partial charge < -0.3 is 20.8 Å². The first-order valence-electron chi connectivity index (χ1n) is 12.1. The third-order valence-electron chi connectivity index (χ3n) is 6.41. The van der Waals surface area contributed by atoms with Gasteiger partial charge >= 0.3 is 0 Å². The fraction of sp³-hybridized carbons (Fsp3) is 0. The van der Waals surface area contributed by atoms with Crippen LogP contribution < -0.4 is 15.5 Å². The first-order valence-corrected chi connectivity index (χ1v) is 12.1. The highest BCUT2D eigenvalue weighted by atomic mass is 16.6. The Hall–Kier alpha value is -6.64. The second-order valence-electron chi connectivity index (χ2n) is 9.08. The van der Waals surface area contributed by atoms with E-state index in [-0.39, 0.29) is 50.7 Å². The molecule has 0 bridgehead atoms. The molecule has 0 fully saturated rings. The summed E-state index contributed by atoms with van der Waals surface area (Å²) in [6.45, 7) is 0. The van der Waals surface area contributed by atoms with Gasteiger partial charge in [0.2, 0.25) is 0 Å². The zero-order valence-electron chi connectivity index (χ0n) is 21.5. The average Bonchev–Trinajstić information content (AvgIpc) is 3.23. The third-order valence-corrected chi connectivity index (χ3v) is 6.41. The van der Waals surface area contributed by atoms with Gasteiger partial charge in [-0.3, -0.25) is 39.4 Å². The number of hydrogen-bond acceptors (Lipinski definition) is 10. The number of nitrogens with one attached hydrogen (secondary N) is 2. The molecule has 0 radical (unpaired) electrons. The summed E-state index contributed by atoms with van der Waals surface area (Å²) in [7, 11) is 0. The van der Waals surface area contributed by atoms with Crippen molar-refractivity contribution >= 4 is 52.1 Å². The summed E-state index contributed by atoms with van der Waals surface area (Å²) in [6.07, 6.45) is 0. The second-order valence-corrected chi connectivity index (χ2v) is 9.08. The number of nitro groups is 2. The Bertz CT molecular complexity index is 1890. The normalized spacial score (nSPS) is 12.0. The summed E-state index contributed by atoms with van der Waals surface area (Å²) in [6, 6.07) is 15.1. The molecule has 4 aromatic rings. The molecule has 1 heterocycles. The van der Waals surface area contributed by atoms with E-state index in [0.29, 0.717) is 0 Å². The second kappa shape index (κ2) is 10.7. The van der Waals surface area contributed by atoms with Crippen LogP contribution in [0.2, 0.25) is 0 Å². The lowest BCUT2D eigenvalue weighted by Crippen LogP contribution is -2.29. The van der Waals surface area contributed by atoms with Crippen LogP contribution in [0, 0.1) is 20.2 Å². The van der Waals surface area contributed by atoms with E-state index in [1.807, 2.05) is 0 Å². The molecular weight excluding hydrogens is 566 g/mol. The van der Waals surface area contributed by atoms with Crippen LogP contribution in [-0.4, -0.2) is 43.7 Å². The number of rotatable bonds is 7. The Morgan fingerprint density at radius 3 is 1.60 bits per heavy atom. The van der Waals surface area contributed by atoms with Crippen LogP contribution in [0.25, 0.3) is 0 Å². The maximum absolute atomic E-state index is 13.2. The highest BCUT2D eigenvalue weighted by Crippen LogP contribution is 2.32. The number of phenolic OH excluding ortho intramolecular Hbond substituents is 2. The summed E-state index contributed by atoms with van der Waals surface area (Å²) < 4.78 is 0. The minimum atomic E-state index is -0.803. The van der Waals surface area contributed by atoms with Crippen molar-refractivity contribution in [2.45, 2.75) is 0 Å². The lowest BCUT2D eigenvalue weighted by molar-refractivity contribution is -0.385. The number of benzene rings is 4. The van der Waals surface area contributed by atoms with Crippen molar-refractivity contribution in [2.24, 2.45) is 0 Å². The van der Waals surface area contributed by atoms with Gasteiger partial charge in [0.1, 0.15) is 11.5 Å². The zero-order chi connectivity index (χ0) is 31.0. The van der Waals surface area contributed by atoms with Crippen LogP contribution >= 0.6 is 0 Å². The Labute approximate surface area is 239 Å². The van der Waals surface area contributed by atoms with Crippen LogP contribution in [0.1, 0.15) is 41.4 Å².